The SMILES string of the molecule is CN(C)C(ON1C(=O)CCC1=O)=[N+](C)C.CN(C)C(Oc1c(F)c(F)c(F)c(F)c1F)=[N+](C)C.CN(C)C(On1nnc2ccccc2c1=O)=[N+](C)C.CN(C)C(n1n[n+]([O-])c2ccccc21)=[N+](C)C.CN(C)C(n1n[n+]([O-])c2ncccc21)=[N+](C)C.[O-][n+]1nn(C(N2CCCC2)=[N+]2CCCC2)c2ccccc21. The van der Waals surface area contributed by atoms with E-state index in [1.54, 1.807) is 99.1 Å². The van der Waals surface area contributed by atoms with Gasteiger partial charge in [-0.05, 0) is 84.3 Å². The van der Waals surface area contributed by atoms with Crippen molar-refractivity contribution in [2.45, 2.75) is 38.5 Å². The molecule has 9 aromatic rings. The predicted octanol–water partition coefficient (Wildman–Crippen LogP) is 0.203. The van der Waals surface area contributed by atoms with Crippen molar-refractivity contribution in [2.75, 3.05) is 167 Å². The Labute approximate surface area is 619 Å². The summed E-state index contributed by atoms with van der Waals surface area (Å²) in [7, 11) is 35.6. The molecule has 12 rings (SSSR count). The van der Waals surface area contributed by atoms with Crippen LogP contribution in [0.5, 0.6) is 5.75 Å². The van der Waals surface area contributed by atoms with Crippen molar-refractivity contribution in [3.63, 3.8) is 0 Å². The Morgan fingerprint density at radius 2 is 0.907 bits per heavy atom. The Hall–Kier alpha value is -12.3. The number of hydroxylamine groups is 2. The lowest BCUT2D eigenvalue weighted by molar-refractivity contribution is -0.647. The average molecular weight is 1520 g/mol. The Bertz CT molecular complexity index is 4840. The Morgan fingerprint density at radius 3 is 1.39 bits per heavy atom. The van der Waals surface area contributed by atoms with Crippen molar-refractivity contribution in [1.82, 2.24) is 84.3 Å². The third-order valence-electron chi connectivity index (χ3n) is 15.8. The highest BCUT2D eigenvalue weighted by Crippen LogP contribution is 2.29. The second-order valence-corrected chi connectivity index (χ2v) is 26.5. The van der Waals surface area contributed by atoms with Crippen LogP contribution in [0.2, 0.25) is 0 Å². The number of ether oxygens (including phenoxy) is 1. The van der Waals surface area contributed by atoms with Crippen molar-refractivity contribution in [3.8, 4) is 5.75 Å². The maximum absolute atomic E-state index is 13.4. The number of aromatic nitrogens is 13. The molecule has 0 aliphatic carbocycles. The van der Waals surface area contributed by atoms with Crippen molar-refractivity contribution in [3.05, 3.63) is 146 Å². The topological polar surface area (TPSA) is 298 Å². The fourth-order valence-electron chi connectivity index (χ4n) is 11.5. The second kappa shape index (κ2) is 36.6. The number of fused-ring (bicyclic) bond motifs is 4. The standard InChI is InChI=1S/C15H20N5O.C12H16N5O2.C11H12F5N2O.C11H16N5O.C10H15N6O.C9H16N3O3/c21-20-14-8-2-1-7-13(14)19(16-20)15(17-9-3-4-10-17)18-11-5-6-12-18;1-15(2)12(16(3)4)19-17-11(18)9-7-5-6-8-10(9)13-14-17;1-17(2)11(18(3)4)19-10-8(15)6(13)5(12)7(14)9(10)16;1-13(2)11(14(3)4)15-9-7-5-6-8-10(9)16(17)12-15;1-13(2)10(14(3)4)15-8-6-5-7-11-9(8)16(17)12-15;1-10(2)9(11(3)4)15-12-7(13)5-6-8(12)14/h1-2,7-8H,3-6,9-12H2;5-8H,1-4H3;1-4H3;5-8H,1-4H3;5-7H,1-4H3;5-6H2,1-4H3/q6*+1. The number of hydrogen-bond acceptors (Lipinski definition) is 15. The largest absolute Gasteiger partial charge is 0.721 e. The van der Waals surface area contributed by atoms with Gasteiger partial charge in [-0.1, -0.05) is 55.5 Å². The quantitative estimate of drug-likeness (QED) is 0.0334. The van der Waals surface area contributed by atoms with E-state index in [9.17, 15) is 52.0 Å². The summed E-state index contributed by atoms with van der Waals surface area (Å²) in [6, 6.07) is 26.4. The summed E-state index contributed by atoms with van der Waals surface area (Å²) in [5.74, 6) is -9.56. The first-order chi connectivity index (χ1) is 51.0. The first-order valence-corrected chi connectivity index (χ1v) is 33.8. The molecule has 580 valence electrons. The van der Waals surface area contributed by atoms with E-state index >= 15 is 0 Å². The summed E-state index contributed by atoms with van der Waals surface area (Å²) in [6.07, 6.45) is 6.90. The number of rotatable bonds is 3. The highest BCUT2D eigenvalue weighted by molar-refractivity contribution is 6.01. The zero-order chi connectivity index (χ0) is 79.9. The van der Waals surface area contributed by atoms with Crippen LogP contribution in [0.3, 0.4) is 0 Å². The van der Waals surface area contributed by atoms with E-state index in [4.69, 9.17) is 14.4 Å². The number of hydrogen-bond donors (Lipinski definition) is 0. The van der Waals surface area contributed by atoms with E-state index in [-0.39, 0.29) is 36.2 Å². The zero-order valence-electron chi connectivity index (χ0n) is 64.4. The number of amidine groups is 3. The summed E-state index contributed by atoms with van der Waals surface area (Å²) >= 11 is 0. The first-order valence-electron chi connectivity index (χ1n) is 33.8. The molecule has 4 aromatic carbocycles. The maximum Gasteiger partial charge on any atom is 0.472 e. The molecule has 0 saturated carbocycles. The highest BCUT2D eigenvalue weighted by atomic mass is 19.2. The van der Waals surface area contributed by atoms with Gasteiger partial charge in [0.1, 0.15) is 11.7 Å². The van der Waals surface area contributed by atoms with Crippen molar-refractivity contribution in [1.29, 1.82) is 0 Å². The number of amides is 2. The van der Waals surface area contributed by atoms with Gasteiger partial charge >= 0.3 is 47.2 Å². The van der Waals surface area contributed by atoms with Gasteiger partial charge in [0.15, 0.2) is 22.1 Å². The van der Waals surface area contributed by atoms with Gasteiger partial charge in [-0.15, -0.1) is 24.6 Å². The van der Waals surface area contributed by atoms with Gasteiger partial charge in [-0.25, -0.2) is 41.6 Å². The van der Waals surface area contributed by atoms with Crippen LogP contribution in [0.25, 0.3) is 44.1 Å². The summed E-state index contributed by atoms with van der Waals surface area (Å²) in [5.41, 5.74) is 4.08. The van der Waals surface area contributed by atoms with Gasteiger partial charge in [-0.3, -0.25) is 52.5 Å². The molecule has 3 aliphatic rings. The van der Waals surface area contributed by atoms with Gasteiger partial charge in [0.2, 0.25) is 40.4 Å². The third kappa shape index (κ3) is 19.4. The lowest BCUT2D eigenvalue weighted by Crippen LogP contribution is -2.43. The number of nitrogens with zero attached hydrogens (tertiary/aromatic N) is 26. The minimum Gasteiger partial charge on any atom is -0.721 e. The molecule has 5 aromatic heterocycles. The Balaban J connectivity index is 0.000000181. The number of pyridine rings is 1. The molecule has 0 atom stereocenters. The molecule has 0 N–H and O–H groups in total. The van der Waals surface area contributed by atoms with E-state index < -0.39 is 34.8 Å². The molecule has 0 bridgehead atoms. The number of benzene rings is 4. The van der Waals surface area contributed by atoms with Crippen molar-refractivity contribution in [2.24, 2.45) is 0 Å². The van der Waals surface area contributed by atoms with Crippen LogP contribution in [0, 0.1) is 44.7 Å². The fourth-order valence-corrected chi connectivity index (χ4v) is 11.5. The van der Waals surface area contributed by atoms with Gasteiger partial charge in [-0.2, -0.15) is 8.78 Å². The molecule has 0 radical (unpaired) electrons. The molecule has 40 heteroatoms. The molecule has 2 amide bonds. The fraction of sp³-hybridized carbons (Fsp3) is 0.441. The first kappa shape index (κ1) is 83.0. The van der Waals surface area contributed by atoms with Crippen LogP contribution in [0.4, 0.5) is 22.0 Å². The van der Waals surface area contributed by atoms with E-state index in [1.807, 2.05) is 157 Å². The Morgan fingerprint density at radius 1 is 0.481 bits per heavy atom. The number of carbonyl (C=O) groups is 2. The highest BCUT2D eigenvalue weighted by Gasteiger charge is 2.37. The molecular weight excluding hydrogens is 1420 g/mol. The van der Waals surface area contributed by atoms with Crippen LogP contribution in [0.15, 0.2) is 95.9 Å². The van der Waals surface area contributed by atoms with E-state index in [0.29, 0.717) is 54.8 Å². The minimum atomic E-state index is -2.22. The van der Waals surface area contributed by atoms with Gasteiger partial charge in [0.25, 0.3) is 11.8 Å². The molecule has 0 spiro atoms. The number of imide groups is 1. The van der Waals surface area contributed by atoms with Gasteiger partial charge in [0, 0.05) is 18.1 Å². The van der Waals surface area contributed by atoms with Crippen LogP contribution in [-0.4, -0.2) is 327 Å². The monoisotopic (exact) mass is 1510 g/mol. The number of likely N-dealkylation sites (tertiary alicyclic amines) is 1. The minimum absolute atomic E-state index is 0.0943. The molecule has 8 heterocycles. The lowest BCUT2D eigenvalue weighted by Gasteiger charge is -2.16. The molecular formula is C68H95F5N26O9+6. The van der Waals surface area contributed by atoms with Crippen molar-refractivity contribution < 1.29 is 87.9 Å². The number of para-hydroxylation sites is 4. The summed E-state index contributed by atoms with van der Waals surface area (Å²) < 4.78 is 86.4. The van der Waals surface area contributed by atoms with Gasteiger partial charge < -0.3 is 20.4 Å². The summed E-state index contributed by atoms with van der Waals surface area (Å²) in [6.45, 7) is 4.22. The lowest BCUT2D eigenvalue weighted by atomic mass is 10.2. The van der Waals surface area contributed by atoms with Crippen LogP contribution in [0.1, 0.15) is 38.5 Å². The van der Waals surface area contributed by atoms with Gasteiger partial charge in [0.05, 0.1) is 183 Å². The normalized spacial score (nSPS) is 12.8. The molecule has 3 fully saturated rings. The van der Waals surface area contributed by atoms with Crippen LogP contribution < -0.4 is 29.7 Å². The summed E-state index contributed by atoms with van der Waals surface area (Å²) in [4.78, 5) is 63.3. The molecule has 35 nitrogen and oxygen atoms in total. The second-order valence-electron chi connectivity index (χ2n) is 26.5. The average Bonchev–Trinajstić information content (AvgIpc) is 1.61. The molecule has 3 saturated heterocycles. The zero-order valence-corrected chi connectivity index (χ0v) is 64.4. The van der Waals surface area contributed by atoms with Crippen molar-refractivity contribution >= 4 is 91.9 Å². The third-order valence-corrected chi connectivity index (χ3v) is 15.8. The smallest absolute Gasteiger partial charge is 0.472 e. The van der Waals surface area contributed by atoms with Crippen LogP contribution >= 0.6 is 0 Å². The molecule has 3 aliphatic heterocycles. The summed E-state index contributed by atoms with van der Waals surface area (Å²) in [5, 5.41) is 56.5. The van der Waals surface area contributed by atoms with Crippen LogP contribution in [-0.2, 0) is 14.4 Å². The predicted molar refractivity (Wildman–Crippen MR) is 389 cm³/mol. The van der Waals surface area contributed by atoms with E-state index in [2.05, 4.69) is 40.4 Å². The molecule has 108 heavy (non-hydrogen) atoms. The number of halogens is 5. The number of carbonyl (C=O) groups excluding carboxylic acids is 2. The van der Waals surface area contributed by atoms with E-state index in [1.165, 1.54) is 63.3 Å². The molecule has 0 unspecified atom stereocenters. The Kier molecular flexibility index (Phi) is 28.1. The maximum atomic E-state index is 13.4. The van der Waals surface area contributed by atoms with E-state index in [0.717, 1.165) is 69.8 Å².